The van der Waals surface area contributed by atoms with Gasteiger partial charge in [0.25, 0.3) is 0 Å². The Bertz CT molecular complexity index is 132. The number of hydrogen-bond donors (Lipinski definition) is 0. The summed E-state index contributed by atoms with van der Waals surface area (Å²) in [6, 6.07) is 0. The molecule has 0 saturated carbocycles. The molecule has 3 nitrogen and oxygen atoms in total. The van der Waals surface area contributed by atoms with Gasteiger partial charge in [-0.2, -0.15) is 0 Å². The van der Waals surface area contributed by atoms with E-state index in [2.05, 4.69) is 16.4 Å². The SMILES string of the molecule is [CH2]CC1(C)COC(=O)OC1. The standard InChI is InChI=1S/C7H11O3/c1-3-7(2)4-9-6(8)10-5-7/h1,3-5H2,2H3. The molecule has 1 fully saturated rings. The second kappa shape index (κ2) is 2.48. The molecular weight excluding hydrogens is 132 g/mol. The molecular formula is C7H11O3. The fourth-order valence-corrected chi connectivity index (χ4v) is 0.694. The molecule has 1 radical (unpaired) electrons. The molecule has 57 valence electrons. The number of carbonyl (C=O) groups is 1. The van der Waals surface area contributed by atoms with Crippen LogP contribution in [0.15, 0.2) is 0 Å². The zero-order valence-corrected chi connectivity index (χ0v) is 6.05. The molecule has 0 N–H and O–H groups in total. The summed E-state index contributed by atoms with van der Waals surface area (Å²) in [5.41, 5.74) is -0.0755. The molecule has 0 bridgehead atoms. The Morgan fingerprint density at radius 1 is 1.60 bits per heavy atom. The summed E-state index contributed by atoms with van der Waals surface area (Å²) in [5, 5.41) is 0. The van der Waals surface area contributed by atoms with Gasteiger partial charge in [0, 0.05) is 5.41 Å². The number of rotatable bonds is 1. The van der Waals surface area contributed by atoms with Crippen LogP contribution in [-0.4, -0.2) is 19.4 Å². The quantitative estimate of drug-likeness (QED) is 0.520. The second-order valence-corrected chi connectivity index (χ2v) is 2.89. The molecule has 0 aliphatic carbocycles. The van der Waals surface area contributed by atoms with E-state index in [9.17, 15) is 4.79 Å². The maximum absolute atomic E-state index is 10.4. The summed E-state index contributed by atoms with van der Waals surface area (Å²) in [6.07, 6.45) is 0.159. The monoisotopic (exact) mass is 143 g/mol. The minimum Gasteiger partial charge on any atom is -0.434 e. The van der Waals surface area contributed by atoms with E-state index >= 15 is 0 Å². The largest absolute Gasteiger partial charge is 0.508 e. The van der Waals surface area contributed by atoms with Crippen molar-refractivity contribution in [2.75, 3.05) is 13.2 Å². The number of ether oxygens (including phenoxy) is 2. The first-order valence-electron chi connectivity index (χ1n) is 3.25. The average Bonchev–Trinajstić information content (AvgIpc) is 1.96. The van der Waals surface area contributed by atoms with Crippen molar-refractivity contribution < 1.29 is 14.3 Å². The highest BCUT2D eigenvalue weighted by molar-refractivity contribution is 5.60. The molecule has 0 aromatic heterocycles. The van der Waals surface area contributed by atoms with Gasteiger partial charge in [-0.05, 0) is 6.42 Å². The summed E-state index contributed by atoms with van der Waals surface area (Å²) in [7, 11) is 0. The molecule has 10 heavy (non-hydrogen) atoms. The van der Waals surface area contributed by atoms with Crippen molar-refractivity contribution in [1.82, 2.24) is 0 Å². The highest BCUT2D eigenvalue weighted by Crippen LogP contribution is 2.25. The first kappa shape index (κ1) is 7.38. The summed E-state index contributed by atoms with van der Waals surface area (Å²) in [6.45, 7) is 6.57. The third-order valence-corrected chi connectivity index (χ3v) is 1.68. The van der Waals surface area contributed by atoms with Crippen molar-refractivity contribution in [2.45, 2.75) is 13.3 Å². The lowest BCUT2D eigenvalue weighted by molar-refractivity contribution is -0.0510. The van der Waals surface area contributed by atoms with Gasteiger partial charge in [0.05, 0.1) is 0 Å². The summed E-state index contributed by atoms with van der Waals surface area (Å²) in [5.74, 6) is 0. The zero-order chi connectivity index (χ0) is 7.61. The molecule has 0 spiro atoms. The van der Waals surface area contributed by atoms with Crippen LogP contribution in [0.25, 0.3) is 0 Å². The number of carbonyl (C=O) groups excluding carboxylic acids is 1. The third-order valence-electron chi connectivity index (χ3n) is 1.68. The van der Waals surface area contributed by atoms with Crippen LogP contribution < -0.4 is 0 Å². The summed E-state index contributed by atoms with van der Waals surface area (Å²) < 4.78 is 9.37. The molecule has 1 rings (SSSR count). The molecule has 0 aromatic rings. The normalized spacial score (nSPS) is 23.2. The predicted molar refractivity (Wildman–Crippen MR) is 35.4 cm³/mol. The van der Waals surface area contributed by atoms with Gasteiger partial charge < -0.3 is 9.47 Å². The first-order chi connectivity index (χ1) is 4.66. The molecule has 0 unspecified atom stereocenters. The van der Waals surface area contributed by atoms with E-state index in [4.69, 9.17) is 0 Å². The molecule has 3 heteroatoms. The molecule has 1 aliphatic heterocycles. The van der Waals surface area contributed by atoms with Crippen molar-refractivity contribution >= 4 is 6.16 Å². The van der Waals surface area contributed by atoms with E-state index in [1.807, 2.05) is 6.92 Å². The minimum atomic E-state index is -0.564. The van der Waals surface area contributed by atoms with Crippen LogP contribution in [0.4, 0.5) is 4.79 Å². The van der Waals surface area contributed by atoms with Crippen LogP contribution in [0, 0.1) is 12.3 Å². The average molecular weight is 143 g/mol. The molecule has 1 aliphatic rings. The maximum atomic E-state index is 10.4. The summed E-state index contributed by atoms with van der Waals surface area (Å²) >= 11 is 0. The van der Waals surface area contributed by atoms with Gasteiger partial charge in [0.1, 0.15) is 13.2 Å². The van der Waals surface area contributed by atoms with Gasteiger partial charge in [-0.3, -0.25) is 0 Å². The Balaban J connectivity index is 2.46. The fraction of sp³-hybridized carbons (Fsp3) is 0.714. The first-order valence-corrected chi connectivity index (χ1v) is 3.25. The van der Waals surface area contributed by atoms with E-state index in [1.165, 1.54) is 0 Å². The van der Waals surface area contributed by atoms with Gasteiger partial charge in [-0.15, -0.1) is 0 Å². The number of cyclic esters (lactones) is 2. The molecule has 1 saturated heterocycles. The van der Waals surface area contributed by atoms with Crippen LogP contribution in [-0.2, 0) is 9.47 Å². The van der Waals surface area contributed by atoms with Gasteiger partial charge in [-0.25, -0.2) is 4.79 Å². The Morgan fingerprint density at radius 3 is 2.50 bits per heavy atom. The summed E-state index contributed by atoms with van der Waals surface area (Å²) in [4.78, 5) is 10.4. The molecule has 0 atom stereocenters. The van der Waals surface area contributed by atoms with Gasteiger partial charge in [0.2, 0.25) is 0 Å². The van der Waals surface area contributed by atoms with Crippen LogP contribution in [0.3, 0.4) is 0 Å². The van der Waals surface area contributed by atoms with Gasteiger partial charge >= 0.3 is 6.16 Å². The van der Waals surface area contributed by atoms with Gasteiger partial charge in [0.15, 0.2) is 0 Å². The Kier molecular flexibility index (Phi) is 1.83. The van der Waals surface area contributed by atoms with E-state index in [1.54, 1.807) is 0 Å². The Labute approximate surface area is 60.3 Å². The van der Waals surface area contributed by atoms with Crippen LogP contribution in [0.1, 0.15) is 13.3 Å². The Morgan fingerprint density at radius 2 is 2.10 bits per heavy atom. The highest BCUT2D eigenvalue weighted by Gasteiger charge is 2.30. The number of hydrogen-bond acceptors (Lipinski definition) is 3. The van der Waals surface area contributed by atoms with Crippen molar-refractivity contribution in [3.63, 3.8) is 0 Å². The third kappa shape index (κ3) is 1.40. The van der Waals surface area contributed by atoms with E-state index < -0.39 is 6.16 Å². The van der Waals surface area contributed by atoms with Crippen LogP contribution >= 0.6 is 0 Å². The molecule has 0 aromatic carbocycles. The topological polar surface area (TPSA) is 35.5 Å². The lowest BCUT2D eigenvalue weighted by Gasteiger charge is -2.30. The molecule has 1 heterocycles. The Hall–Kier alpha value is -0.730. The lowest BCUT2D eigenvalue weighted by atomic mass is 9.89. The van der Waals surface area contributed by atoms with Crippen LogP contribution in [0.2, 0.25) is 0 Å². The van der Waals surface area contributed by atoms with Crippen molar-refractivity contribution in [3.8, 4) is 0 Å². The van der Waals surface area contributed by atoms with E-state index in [-0.39, 0.29) is 5.41 Å². The lowest BCUT2D eigenvalue weighted by Crippen LogP contribution is -2.36. The second-order valence-electron chi connectivity index (χ2n) is 2.89. The smallest absolute Gasteiger partial charge is 0.434 e. The zero-order valence-electron chi connectivity index (χ0n) is 6.05. The molecule has 0 amide bonds. The minimum absolute atomic E-state index is 0.0755. The van der Waals surface area contributed by atoms with Crippen molar-refractivity contribution in [1.29, 1.82) is 0 Å². The van der Waals surface area contributed by atoms with E-state index in [0.717, 1.165) is 6.42 Å². The maximum Gasteiger partial charge on any atom is 0.508 e. The van der Waals surface area contributed by atoms with Crippen LogP contribution in [0.5, 0.6) is 0 Å². The highest BCUT2D eigenvalue weighted by atomic mass is 16.7. The van der Waals surface area contributed by atoms with Crippen molar-refractivity contribution in [3.05, 3.63) is 6.92 Å². The van der Waals surface area contributed by atoms with Crippen molar-refractivity contribution in [2.24, 2.45) is 5.41 Å². The van der Waals surface area contributed by atoms with Gasteiger partial charge in [-0.1, -0.05) is 13.8 Å². The van der Waals surface area contributed by atoms with E-state index in [0.29, 0.717) is 13.2 Å². The predicted octanol–water partition coefficient (Wildman–Crippen LogP) is 1.38. The fourth-order valence-electron chi connectivity index (χ4n) is 0.694.